The minimum absolute atomic E-state index is 0.00254. The van der Waals surface area contributed by atoms with Gasteiger partial charge in [-0.05, 0) is 42.5 Å². The molecule has 0 unspecified atom stereocenters. The zero-order valence-corrected chi connectivity index (χ0v) is 16.5. The van der Waals surface area contributed by atoms with E-state index < -0.39 is 5.82 Å². The largest absolute Gasteiger partial charge is 0.494 e. The van der Waals surface area contributed by atoms with E-state index in [2.05, 4.69) is 0 Å². The lowest BCUT2D eigenvalue weighted by Gasteiger charge is -2.30. The van der Waals surface area contributed by atoms with Crippen LogP contribution in [0.4, 0.5) is 4.39 Å². The van der Waals surface area contributed by atoms with Crippen molar-refractivity contribution in [2.75, 3.05) is 20.2 Å². The van der Waals surface area contributed by atoms with Gasteiger partial charge in [0.25, 0.3) is 5.91 Å². The highest BCUT2D eigenvalue weighted by Crippen LogP contribution is 2.32. The van der Waals surface area contributed by atoms with E-state index in [0.29, 0.717) is 31.6 Å². The summed E-state index contributed by atoms with van der Waals surface area (Å²) in [5, 5.41) is 0. The second kappa shape index (κ2) is 8.23. The summed E-state index contributed by atoms with van der Waals surface area (Å²) in [5.41, 5.74) is 1.39. The Bertz CT molecular complexity index is 902. The Morgan fingerprint density at radius 3 is 2.69 bits per heavy atom. The first kappa shape index (κ1) is 19.4. The Balaban J connectivity index is 1.54. The molecule has 0 spiro atoms. The molecule has 2 aromatic rings. The van der Waals surface area contributed by atoms with Gasteiger partial charge in [0, 0.05) is 31.6 Å². The van der Waals surface area contributed by atoms with Gasteiger partial charge in [-0.2, -0.15) is 0 Å². The molecule has 0 aromatic heterocycles. The van der Waals surface area contributed by atoms with Gasteiger partial charge in [0.05, 0.1) is 13.2 Å². The molecule has 2 amide bonds. The van der Waals surface area contributed by atoms with Crippen LogP contribution in [0.3, 0.4) is 0 Å². The molecule has 0 N–H and O–H groups in total. The number of fused-ring (bicyclic) bond motifs is 1. The lowest BCUT2D eigenvalue weighted by Crippen LogP contribution is -2.43. The molecule has 0 radical (unpaired) electrons. The summed E-state index contributed by atoms with van der Waals surface area (Å²) in [7, 11) is 1.40. The molecule has 2 saturated heterocycles. The second-order valence-corrected chi connectivity index (χ2v) is 7.79. The van der Waals surface area contributed by atoms with E-state index in [1.807, 2.05) is 35.2 Å². The first-order chi connectivity index (χ1) is 14.1. The summed E-state index contributed by atoms with van der Waals surface area (Å²) in [6.07, 6.45) is 2.31. The SMILES string of the molecule is COc1ccc(C(=O)N2C[C@H]3CCCC(=O)N(Cc4ccccc4)[C@H]3C2)cc1F. The van der Waals surface area contributed by atoms with Gasteiger partial charge in [-0.25, -0.2) is 4.39 Å². The molecule has 6 heteroatoms. The molecular weight excluding hydrogens is 371 g/mol. The van der Waals surface area contributed by atoms with Crippen LogP contribution in [0.5, 0.6) is 5.75 Å². The number of nitrogens with zero attached hydrogens (tertiary/aromatic N) is 2. The van der Waals surface area contributed by atoms with E-state index in [1.54, 1.807) is 11.0 Å². The fourth-order valence-corrected chi connectivity index (χ4v) is 4.47. The van der Waals surface area contributed by atoms with Crippen LogP contribution in [-0.4, -0.2) is 47.9 Å². The van der Waals surface area contributed by atoms with Crippen molar-refractivity contribution >= 4 is 11.8 Å². The maximum atomic E-state index is 14.1. The minimum Gasteiger partial charge on any atom is -0.494 e. The summed E-state index contributed by atoms with van der Waals surface area (Å²) in [5.74, 6) is -0.240. The Morgan fingerprint density at radius 2 is 1.97 bits per heavy atom. The van der Waals surface area contributed by atoms with Gasteiger partial charge in [0.15, 0.2) is 11.6 Å². The average Bonchev–Trinajstić information content (AvgIpc) is 3.10. The van der Waals surface area contributed by atoms with E-state index in [0.717, 1.165) is 18.4 Å². The number of hydrogen-bond acceptors (Lipinski definition) is 3. The number of likely N-dealkylation sites (tertiary alicyclic amines) is 2. The van der Waals surface area contributed by atoms with Gasteiger partial charge in [-0.15, -0.1) is 0 Å². The standard InChI is InChI=1S/C23H25FN2O3/c1-29-21-11-10-17(12-19(21)24)23(28)25-14-18-8-5-9-22(27)26(20(18)15-25)13-16-6-3-2-4-7-16/h2-4,6-7,10-12,18,20H,5,8-9,13-15H2,1H3/t18-,20+/m1/s1. The molecule has 2 aliphatic heterocycles. The van der Waals surface area contributed by atoms with Crippen molar-refractivity contribution in [2.45, 2.75) is 31.8 Å². The quantitative estimate of drug-likeness (QED) is 0.795. The van der Waals surface area contributed by atoms with E-state index in [-0.39, 0.29) is 29.5 Å². The number of methoxy groups -OCH3 is 1. The zero-order valence-electron chi connectivity index (χ0n) is 16.5. The molecule has 5 nitrogen and oxygen atoms in total. The van der Waals surface area contributed by atoms with Crippen LogP contribution in [-0.2, 0) is 11.3 Å². The summed E-state index contributed by atoms with van der Waals surface area (Å²) < 4.78 is 19.0. The van der Waals surface area contributed by atoms with Gasteiger partial charge in [0.1, 0.15) is 0 Å². The topological polar surface area (TPSA) is 49.9 Å². The van der Waals surface area contributed by atoms with Gasteiger partial charge >= 0.3 is 0 Å². The van der Waals surface area contributed by atoms with Crippen LogP contribution in [0.25, 0.3) is 0 Å². The van der Waals surface area contributed by atoms with Crippen molar-refractivity contribution in [2.24, 2.45) is 5.92 Å². The third-order valence-corrected chi connectivity index (χ3v) is 5.97. The van der Waals surface area contributed by atoms with Crippen LogP contribution in [0.15, 0.2) is 48.5 Å². The highest BCUT2D eigenvalue weighted by atomic mass is 19.1. The maximum absolute atomic E-state index is 14.1. The van der Waals surface area contributed by atoms with E-state index in [4.69, 9.17) is 4.74 Å². The summed E-state index contributed by atoms with van der Waals surface area (Å²) in [4.78, 5) is 29.5. The fraction of sp³-hybridized carbons (Fsp3) is 0.391. The molecule has 152 valence electrons. The normalized spacial score (nSPS) is 21.7. The monoisotopic (exact) mass is 396 g/mol. The van der Waals surface area contributed by atoms with Crippen molar-refractivity contribution in [3.05, 3.63) is 65.5 Å². The Morgan fingerprint density at radius 1 is 1.17 bits per heavy atom. The third-order valence-electron chi connectivity index (χ3n) is 5.97. The highest BCUT2D eigenvalue weighted by Gasteiger charge is 2.42. The average molecular weight is 396 g/mol. The van der Waals surface area contributed by atoms with Crippen molar-refractivity contribution < 1.29 is 18.7 Å². The molecule has 4 rings (SSSR count). The van der Waals surface area contributed by atoms with Crippen LogP contribution in [0.1, 0.15) is 35.2 Å². The minimum atomic E-state index is -0.548. The first-order valence-electron chi connectivity index (χ1n) is 10.0. The van der Waals surface area contributed by atoms with Crippen LogP contribution < -0.4 is 4.74 Å². The Kier molecular flexibility index (Phi) is 5.51. The Hall–Kier alpha value is -2.89. The summed E-state index contributed by atoms with van der Waals surface area (Å²) in [6.45, 7) is 1.63. The molecule has 0 aliphatic carbocycles. The van der Waals surface area contributed by atoms with Gasteiger partial charge in [-0.3, -0.25) is 9.59 Å². The van der Waals surface area contributed by atoms with Gasteiger partial charge < -0.3 is 14.5 Å². The molecule has 29 heavy (non-hydrogen) atoms. The fourth-order valence-electron chi connectivity index (χ4n) is 4.47. The second-order valence-electron chi connectivity index (χ2n) is 7.79. The first-order valence-corrected chi connectivity index (χ1v) is 10.0. The van der Waals surface area contributed by atoms with Crippen molar-refractivity contribution in [3.8, 4) is 5.75 Å². The molecular formula is C23H25FN2O3. The summed E-state index contributed by atoms with van der Waals surface area (Å²) >= 11 is 0. The van der Waals surface area contributed by atoms with E-state index in [1.165, 1.54) is 19.2 Å². The molecule has 2 fully saturated rings. The predicted molar refractivity (Wildman–Crippen MR) is 107 cm³/mol. The third kappa shape index (κ3) is 3.97. The number of rotatable bonds is 4. The van der Waals surface area contributed by atoms with Crippen molar-refractivity contribution in [1.29, 1.82) is 0 Å². The highest BCUT2D eigenvalue weighted by molar-refractivity contribution is 5.94. The molecule has 2 aliphatic rings. The molecule has 0 bridgehead atoms. The molecule has 2 aromatic carbocycles. The number of hydrogen-bond donors (Lipinski definition) is 0. The van der Waals surface area contributed by atoms with Crippen molar-refractivity contribution in [1.82, 2.24) is 9.80 Å². The van der Waals surface area contributed by atoms with Crippen molar-refractivity contribution in [3.63, 3.8) is 0 Å². The smallest absolute Gasteiger partial charge is 0.254 e. The molecule has 0 saturated carbocycles. The number of ether oxygens (including phenoxy) is 1. The number of carbonyl (C=O) groups is 2. The van der Waals surface area contributed by atoms with Crippen LogP contribution in [0.2, 0.25) is 0 Å². The van der Waals surface area contributed by atoms with Gasteiger partial charge in [-0.1, -0.05) is 30.3 Å². The predicted octanol–water partition coefficient (Wildman–Crippen LogP) is 3.49. The number of benzene rings is 2. The lowest BCUT2D eigenvalue weighted by atomic mass is 9.98. The van der Waals surface area contributed by atoms with E-state index in [9.17, 15) is 14.0 Å². The van der Waals surface area contributed by atoms with Crippen LogP contribution in [0, 0.1) is 11.7 Å². The Labute approximate surface area is 170 Å². The number of halogens is 1. The van der Waals surface area contributed by atoms with Crippen LogP contribution >= 0.6 is 0 Å². The number of carbonyl (C=O) groups excluding carboxylic acids is 2. The zero-order chi connectivity index (χ0) is 20.4. The summed E-state index contributed by atoms with van der Waals surface area (Å²) in [6, 6.07) is 14.2. The maximum Gasteiger partial charge on any atom is 0.254 e. The molecule has 2 atom stereocenters. The number of amides is 2. The van der Waals surface area contributed by atoms with Gasteiger partial charge in [0.2, 0.25) is 5.91 Å². The lowest BCUT2D eigenvalue weighted by molar-refractivity contribution is -0.133. The molecule has 2 heterocycles. The van der Waals surface area contributed by atoms with E-state index >= 15 is 0 Å².